The molecule has 0 fully saturated rings. The first-order chi connectivity index (χ1) is 17.5. The van der Waals surface area contributed by atoms with Crippen molar-refractivity contribution in [2.75, 3.05) is 25.0 Å². The van der Waals surface area contributed by atoms with Crippen LogP contribution in [0, 0.1) is 18.3 Å². The van der Waals surface area contributed by atoms with E-state index in [4.69, 9.17) is 4.99 Å². The molecule has 1 aromatic heterocycles. The number of nitrogens with zero attached hydrogens (tertiary/aromatic N) is 5. The number of nitriles is 1. The van der Waals surface area contributed by atoms with Crippen molar-refractivity contribution in [2.45, 2.75) is 31.7 Å². The lowest BCUT2D eigenvalue weighted by Gasteiger charge is -2.22. The quantitative estimate of drug-likeness (QED) is 0.549. The molecule has 1 N–H and O–H groups in total. The van der Waals surface area contributed by atoms with Crippen LogP contribution in [0.25, 0.3) is 0 Å². The number of fused-ring (bicyclic) bond motifs is 2. The van der Waals surface area contributed by atoms with E-state index >= 15 is 0 Å². The number of aryl methyl sites for hydroxylation is 2. The molecule has 0 bridgehead atoms. The Morgan fingerprint density at radius 3 is 2.64 bits per heavy atom. The standard InChI is InChI=1S/C29H30N6O/c1-19-18-34(2)28(33-19)20-12-13-25(21(16-20)17-30)31-14-15-32-27-22-8-4-5-9-23(22)29(36)35(3)26-11-7-6-10-24(26)27/h4-11,16,18,20,27,32H,12-15H2,1-3H3. The number of amides is 1. The van der Waals surface area contributed by atoms with Gasteiger partial charge in [-0.1, -0.05) is 42.5 Å². The van der Waals surface area contributed by atoms with Crippen LogP contribution < -0.4 is 10.2 Å². The Kier molecular flexibility index (Phi) is 6.53. The number of para-hydroxylation sites is 1. The normalized spacial score (nSPS) is 20.4. The average molecular weight is 479 g/mol. The van der Waals surface area contributed by atoms with Crippen molar-refractivity contribution in [3.05, 3.63) is 94.6 Å². The molecule has 182 valence electrons. The second-order valence-electron chi connectivity index (χ2n) is 9.41. The fourth-order valence-electron chi connectivity index (χ4n) is 5.31. The van der Waals surface area contributed by atoms with E-state index in [0.29, 0.717) is 24.2 Å². The zero-order valence-electron chi connectivity index (χ0n) is 20.9. The molecule has 2 atom stereocenters. The summed E-state index contributed by atoms with van der Waals surface area (Å²) in [5, 5.41) is 13.4. The Labute approximate surface area is 211 Å². The van der Waals surface area contributed by atoms with Gasteiger partial charge in [0.1, 0.15) is 11.9 Å². The van der Waals surface area contributed by atoms with Crippen molar-refractivity contribution < 1.29 is 4.79 Å². The number of hydrogen-bond acceptors (Lipinski definition) is 5. The number of rotatable bonds is 5. The van der Waals surface area contributed by atoms with E-state index in [-0.39, 0.29) is 17.9 Å². The van der Waals surface area contributed by atoms with Crippen LogP contribution in [-0.4, -0.2) is 41.3 Å². The van der Waals surface area contributed by atoms with Gasteiger partial charge >= 0.3 is 0 Å². The fraction of sp³-hybridized carbons (Fsp3) is 0.310. The summed E-state index contributed by atoms with van der Waals surface area (Å²) in [6.07, 6.45) is 5.67. The number of benzene rings is 2. The van der Waals surface area contributed by atoms with Crippen LogP contribution >= 0.6 is 0 Å². The number of nitrogens with one attached hydrogen (secondary N) is 1. The number of imidazole rings is 1. The Morgan fingerprint density at radius 1 is 1.14 bits per heavy atom. The molecular formula is C29H30N6O. The SMILES string of the molecule is Cc1cn(C)c(C2C=C(C#N)C(=NCCNC3c4ccccc4C(=O)N(C)c4ccccc43)CC2)n1. The molecule has 0 radical (unpaired) electrons. The maximum atomic E-state index is 13.1. The number of aromatic nitrogens is 2. The van der Waals surface area contributed by atoms with Gasteiger partial charge in [-0.2, -0.15) is 5.26 Å². The molecule has 1 aliphatic carbocycles. The molecular weight excluding hydrogens is 448 g/mol. The Bertz CT molecular complexity index is 1410. The van der Waals surface area contributed by atoms with E-state index in [2.05, 4.69) is 22.4 Å². The van der Waals surface area contributed by atoms with E-state index in [9.17, 15) is 10.1 Å². The summed E-state index contributed by atoms with van der Waals surface area (Å²) >= 11 is 0. The van der Waals surface area contributed by atoms with E-state index in [0.717, 1.165) is 46.9 Å². The summed E-state index contributed by atoms with van der Waals surface area (Å²) in [7, 11) is 3.82. The van der Waals surface area contributed by atoms with Crippen LogP contribution in [0.2, 0.25) is 0 Å². The predicted molar refractivity (Wildman–Crippen MR) is 141 cm³/mol. The maximum absolute atomic E-state index is 13.1. The highest BCUT2D eigenvalue weighted by Gasteiger charge is 2.30. The van der Waals surface area contributed by atoms with Crippen LogP contribution in [0.1, 0.15) is 57.8 Å². The van der Waals surface area contributed by atoms with Gasteiger partial charge in [-0.15, -0.1) is 0 Å². The van der Waals surface area contributed by atoms with Crippen LogP contribution in [0.15, 0.2) is 71.4 Å². The zero-order valence-corrected chi connectivity index (χ0v) is 20.9. The van der Waals surface area contributed by atoms with Gasteiger partial charge in [0.25, 0.3) is 5.91 Å². The predicted octanol–water partition coefficient (Wildman–Crippen LogP) is 4.47. The zero-order chi connectivity index (χ0) is 25.2. The number of anilines is 1. The molecule has 7 nitrogen and oxygen atoms in total. The molecule has 3 aromatic rings. The minimum atomic E-state index is -0.125. The lowest BCUT2D eigenvalue weighted by Crippen LogP contribution is -2.26. The summed E-state index contributed by atoms with van der Waals surface area (Å²) in [4.78, 5) is 24.3. The minimum Gasteiger partial charge on any atom is -0.337 e. The lowest BCUT2D eigenvalue weighted by atomic mass is 9.89. The Morgan fingerprint density at radius 2 is 1.89 bits per heavy atom. The third-order valence-corrected chi connectivity index (χ3v) is 7.03. The molecule has 2 aliphatic rings. The third-order valence-electron chi connectivity index (χ3n) is 7.03. The van der Waals surface area contributed by atoms with Crippen molar-refractivity contribution in [3.8, 4) is 6.07 Å². The first kappa shape index (κ1) is 23.7. The second-order valence-corrected chi connectivity index (χ2v) is 9.41. The first-order valence-corrected chi connectivity index (χ1v) is 12.3. The van der Waals surface area contributed by atoms with Gasteiger partial charge < -0.3 is 14.8 Å². The summed E-state index contributed by atoms with van der Waals surface area (Å²) in [6, 6.07) is 18.0. The van der Waals surface area contributed by atoms with Crippen molar-refractivity contribution in [1.82, 2.24) is 14.9 Å². The summed E-state index contributed by atoms with van der Waals surface area (Å²) < 4.78 is 2.04. The molecule has 2 aromatic carbocycles. The van der Waals surface area contributed by atoms with Crippen molar-refractivity contribution in [1.29, 1.82) is 5.26 Å². The second kappa shape index (κ2) is 9.92. The van der Waals surface area contributed by atoms with Gasteiger partial charge in [-0.05, 0) is 43.0 Å². The largest absolute Gasteiger partial charge is 0.337 e. The van der Waals surface area contributed by atoms with E-state index in [1.165, 1.54) is 0 Å². The highest BCUT2D eigenvalue weighted by atomic mass is 16.2. The summed E-state index contributed by atoms with van der Waals surface area (Å²) in [6.45, 7) is 3.15. The van der Waals surface area contributed by atoms with Gasteiger partial charge in [-0.3, -0.25) is 9.79 Å². The Balaban J connectivity index is 1.34. The molecule has 36 heavy (non-hydrogen) atoms. The van der Waals surface area contributed by atoms with E-state index in [1.807, 2.05) is 80.3 Å². The van der Waals surface area contributed by atoms with Crippen LogP contribution in [0.3, 0.4) is 0 Å². The highest BCUT2D eigenvalue weighted by molar-refractivity contribution is 6.08. The van der Waals surface area contributed by atoms with Gasteiger partial charge in [0, 0.05) is 44.0 Å². The van der Waals surface area contributed by atoms with Gasteiger partial charge in [0.15, 0.2) is 0 Å². The van der Waals surface area contributed by atoms with E-state index in [1.54, 1.807) is 4.90 Å². The monoisotopic (exact) mass is 478 g/mol. The van der Waals surface area contributed by atoms with Gasteiger partial charge in [0.05, 0.1) is 29.6 Å². The molecule has 0 saturated heterocycles. The third kappa shape index (κ3) is 4.36. The average Bonchev–Trinajstić information content (AvgIpc) is 3.21. The van der Waals surface area contributed by atoms with Crippen molar-refractivity contribution >= 4 is 17.3 Å². The summed E-state index contributed by atoms with van der Waals surface area (Å²) in [5.74, 6) is 1.11. The molecule has 1 aliphatic heterocycles. The topological polar surface area (TPSA) is 86.3 Å². The fourth-order valence-corrected chi connectivity index (χ4v) is 5.31. The molecule has 5 rings (SSSR count). The summed E-state index contributed by atoms with van der Waals surface area (Å²) in [5.41, 5.74) is 6.13. The van der Waals surface area contributed by atoms with Crippen molar-refractivity contribution in [2.24, 2.45) is 12.0 Å². The Hall–Kier alpha value is -4.02. The smallest absolute Gasteiger partial charge is 0.258 e. The van der Waals surface area contributed by atoms with Crippen LogP contribution in [-0.2, 0) is 7.05 Å². The van der Waals surface area contributed by atoms with Crippen molar-refractivity contribution in [3.63, 3.8) is 0 Å². The molecule has 1 amide bonds. The molecule has 0 spiro atoms. The van der Waals surface area contributed by atoms with Gasteiger partial charge in [0.2, 0.25) is 0 Å². The number of carbonyl (C=O) groups is 1. The molecule has 2 unspecified atom stereocenters. The minimum absolute atomic E-state index is 0.00828. The number of aliphatic imine (C=N–C) groups is 1. The molecule has 2 heterocycles. The maximum Gasteiger partial charge on any atom is 0.258 e. The van der Waals surface area contributed by atoms with Crippen LogP contribution in [0.4, 0.5) is 5.69 Å². The van der Waals surface area contributed by atoms with E-state index < -0.39 is 0 Å². The lowest BCUT2D eigenvalue weighted by molar-refractivity contribution is 0.0993. The number of hydrogen-bond donors (Lipinski definition) is 1. The molecule has 0 saturated carbocycles. The first-order valence-electron chi connectivity index (χ1n) is 12.3. The molecule has 7 heteroatoms. The van der Waals surface area contributed by atoms with Gasteiger partial charge in [-0.25, -0.2) is 4.98 Å². The highest BCUT2D eigenvalue weighted by Crippen LogP contribution is 2.36. The number of allylic oxidation sites excluding steroid dienone is 2. The number of carbonyl (C=O) groups excluding carboxylic acids is 1. The van der Waals surface area contributed by atoms with Crippen LogP contribution in [0.5, 0.6) is 0 Å².